The topological polar surface area (TPSA) is 12.0 Å². The lowest BCUT2D eigenvalue weighted by molar-refractivity contribution is 0.318. The van der Waals surface area contributed by atoms with Gasteiger partial charge in [0.25, 0.3) is 0 Å². The minimum atomic E-state index is 0.539. The van der Waals surface area contributed by atoms with Gasteiger partial charge >= 0.3 is 0 Å². The Morgan fingerprint density at radius 2 is 2.33 bits per heavy atom. The Hall–Kier alpha value is 0.140. The first-order valence-electron chi connectivity index (χ1n) is 5.64. The van der Waals surface area contributed by atoms with E-state index in [-0.39, 0.29) is 0 Å². The molecule has 15 heavy (non-hydrogen) atoms. The van der Waals surface area contributed by atoms with Crippen LogP contribution in [-0.4, -0.2) is 7.05 Å². The van der Waals surface area contributed by atoms with Gasteiger partial charge in [0.1, 0.15) is 0 Å². The molecular weight excluding hydrogens is 270 g/mol. The third kappa shape index (κ3) is 2.29. The Bertz CT molecular complexity index is 323. The van der Waals surface area contributed by atoms with Gasteiger partial charge in [-0.1, -0.05) is 19.8 Å². The summed E-state index contributed by atoms with van der Waals surface area (Å²) in [4.78, 5) is 1.47. The van der Waals surface area contributed by atoms with E-state index < -0.39 is 0 Å². The van der Waals surface area contributed by atoms with E-state index in [1.807, 2.05) is 11.3 Å². The first kappa shape index (κ1) is 11.6. The molecule has 3 unspecified atom stereocenters. The first-order valence-corrected chi connectivity index (χ1v) is 7.31. The highest BCUT2D eigenvalue weighted by atomic mass is 79.9. The molecule has 1 aliphatic rings. The Kier molecular flexibility index (Phi) is 3.86. The zero-order chi connectivity index (χ0) is 10.8. The maximum Gasteiger partial charge on any atom is 0.0454 e. The zero-order valence-electron chi connectivity index (χ0n) is 9.29. The molecule has 1 aromatic heterocycles. The molecule has 1 N–H and O–H groups in total. The van der Waals surface area contributed by atoms with Crippen LogP contribution in [0, 0.1) is 11.8 Å². The van der Waals surface area contributed by atoms with Gasteiger partial charge in [-0.3, -0.25) is 0 Å². The molecule has 84 valence electrons. The molecule has 1 aliphatic carbocycles. The molecule has 1 nitrogen and oxygen atoms in total. The lowest BCUT2D eigenvalue weighted by atomic mass is 9.89. The van der Waals surface area contributed by atoms with Gasteiger partial charge in [-0.25, -0.2) is 0 Å². The van der Waals surface area contributed by atoms with Crippen LogP contribution in [0.5, 0.6) is 0 Å². The molecule has 1 saturated carbocycles. The molecule has 0 saturated heterocycles. The molecule has 3 heteroatoms. The zero-order valence-corrected chi connectivity index (χ0v) is 11.7. The van der Waals surface area contributed by atoms with Crippen LogP contribution in [-0.2, 0) is 0 Å². The summed E-state index contributed by atoms with van der Waals surface area (Å²) in [6, 6.07) is 2.70. The summed E-state index contributed by atoms with van der Waals surface area (Å²) in [5.41, 5.74) is 0. The van der Waals surface area contributed by atoms with Gasteiger partial charge in [0.2, 0.25) is 0 Å². The van der Waals surface area contributed by atoms with E-state index in [0.29, 0.717) is 6.04 Å². The van der Waals surface area contributed by atoms with E-state index >= 15 is 0 Å². The average molecular weight is 288 g/mol. The van der Waals surface area contributed by atoms with E-state index in [1.165, 1.54) is 28.6 Å². The molecule has 0 spiro atoms. The van der Waals surface area contributed by atoms with Crippen molar-refractivity contribution >= 4 is 27.3 Å². The normalized spacial score (nSPS) is 28.2. The van der Waals surface area contributed by atoms with Crippen LogP contribution < -0.4 is 5.32 Å². The summed E-state index contributed by atoms with van der Waals surface area (Å²) in [5, 5.41) is 5.67. The molecule has 0 bridgehead atoms. The third-order valence-electron chi connectivity index (χ3n) is 3.59. The lowest BCUT2D eigenvalue weighted by Gasteiger charge is -2.26. The summed E-state index contributed by atoms with van der Waals surface area (Å²) in [6.45, 7) is 2.39. The second-order valence-electron chi connectivity index (χ2n) is 4.47. The molecule has 0 aromatic carbocycles. The van der Waals surface area contributed by atoms with E-state index in [1.54, 1.807) is 0 Å². The van der Waals surface area contributed by atoms with Gasteiger partial charge in [-0.15, -0.1) is 11.3 Å². The molecule has 0 aliphatic heterocycles. The summed E-state index contributed by atoms with van der Waals surface area (Å²) in [7, 11) is 2.09. The second kappa shape index (κ2) is 4.98. The number of halogens is 1. The number of rotatable bonds is 3. The van der Waals surface area contributed by atoms with Crippen molar-refractivity contribution in [2.75, 3.05) is 7.05 Å². The van der Waals surface area contributed by atoms with Crippen LogP contribution in [0.1, 0.15) is 37.1 Å². The SMILES string of the molecule is CNC(c1sccc1Br)C1CCCC1C. The summed E-state index contributed by atoms with van der Waals surface area (Å²) in [5.74, 6) is 1.67. The first-order chi connectivity index (χ1) is 7.24. The Labute approximate surface area is 104 Å². The van der Waals surface area contributed by atoms with Crippen LogP contribution in [0.2, 0.25) is 0 Å². The van der Waals surface area contributed by atoms with Gasteiger partial charge in [0.05, 0.1) is 0 Å². The van der Waals surface area contributed by atoms with Crippen molar-refractivity contribution in [1.82, 2.24) is 5.32 Å². The minimum absolute atomic E-state index is 0.539. The fourth-order valence-electron chi connectivity index (χ4n) is 2.74. The predicted molar refractivity (Wildman–Crippen MR) is 70.3 cm³/mol. The smallest absolute Gasteiger partial charge is 0.0454 e. The van der Waals surface area contributed by atoms with Gasteiger partial charge in [-0.2, -0.15) is 0 Å². The molecule has 1 heterocycles. The van der Waals surface area contributed by atoms with Crippen LogP contribution in [0.4, 0.5) is 0 Å². The van der Waals surface area contributed by atoms with Crippen molar-refractivity contribution in [3.8, 4) is 0 Å². The standard InChI is InChI=1S/C12H18BrNS/c1-8-4-3-5-9(8)11(14-2)12-10(13)6-7-15-12/h6-9,11,14H,3-5H2,1-2H3. The maximum atomic E-state index is 3.65. The molecule has 1 fully saturated rings. The predicted octanol–water partition coefficient (Wildman–Crippen LogP) is 4.21. The monoisotopic (exact) mass is 287 g/mol. The molecule has 2 rings (SSSR count). The molecule has 3 atom stereocenters. The quantitative estimate of drug-likeness (QED) is 0.878. The minimum Gasteiger partial charge on any atom is -0.312 e. The van der Waals surface area contributed by atoms with Gasteiger partial charge in [-0.05, 0) is 52.7 Å². The summed E-state index contributed by atoms with van der Waals surface area (Å²) in [6.07, 6.45) is 4.16. The van der Waals surface area contributed by atoms with Crippen LogP contribution in [0.3, 0.4) is 0 Å². The summed E-state index contributed by atoms with van der Waals surface area (Å²) >= 11 is 5.51. The highest BCUT2D eigenvalue weighted by Gasteiger charge is 2.32. The van der Waals surface area contributed by atoms with E-state index in [2.05, 4.69) is 46.7 Å². The number of nitrogens with one attached hydrogen (secondary N) is 1. The van der Waals surface area contributed by atoms with Crippen LogP contribution in [0.25, 0.3) is 0 Å². The Morgan fingerprint density at radius 3 is 2.80 bits per heavy atom. The fourth-order valence-corrected chi connectivity index (χ4v) is 4.54. The van der Waals surface area contributed by atoms with Gasteiger partial charge in [0.15, 0.2) is 0 Å². The Balaban J connectivity index is 2.20. The molecule has 1 aromatic rings. The molecule has 0 radical (unpaired) electrons. The number of thiophene rings is 1. The van der Waals surface area contributed by atoms with Crippen LogP contribution >= 0.6 is 27.3 Å². The molecule has 0 amide bonds. The van der Waals surface area contributed by atoms with E-state index in [9.17, 15) is 0 Å². The van der Waals surface area contributed by atoms with Gasteiger partial charge in [0, 0.05) is 15.4 Å². The largest absolute Gasteiger partial charge is 0.312 e. The highest BCUT2D eigenvalue weighted by Crippen LogP contribution is 2.43. The average Bonchev–Trinajstić information content (AvgIpc) is 2.80. The van der Waals surface area contributed by atoms with Crippen LogP contribution in [0.15, 0.2) is 15.9 Å². The third-order valence-corrected chi connectivity index (χ3v) is 5.55. The maximum absolute atomic E-state index is 3.65. The Morgan fingerprint density at radius 1 is 1.53 bits per heavy atom. The summed E-state index contributed by atoms with van der Waals surface area (Å²) < 4.78 is 1.27. The van der Waals surface area contributed by atoms with E-state index in [4.69, 9.17) is 0 Å². The second-order valence-corrected chi connectivity index (χ2v) is 6.27. The van der Waals surface area contributed by atoms with Crippen molar-refractivity contribution in [2.45, 2.75) is 32.2 Å². The van der Waals surface area contributed by atoms with Gasteiger partial charge < -0.3 is 5.32 Å². The lowest BCUT2D eigenvalue weighted by Crippen LogP contribution is -2.26. The van der Waals surface area contributed by atoms with Crippen molar-refractivity contribution in [1.29, 1.82) is 0 Å². The fraction of sp³-hybridized carbons (Fsp3) is 0.667. The van der Waals surface area contributed by atoms with E-state index in [0.717, 1.165) is 11.8 Å². The highest BCUT2D eigenvalue weighted by molar-refractivity contribution is 9.10. The van der Waals surface area contributed by atoms with Crippen molar-refractivity contribution in [3.05, 3.63) is 20.8 Å². The number of hydrogen-bond donors (Lipinski definition) is 1. The van der Waals surface area contributed by atoms with Crippen molar-refractivity contribution < 1.29 is 0 Å². The number of hydrogen-bond acceptors (Lipinski definition) is 2. The van der Waals surface area contributed by atoms with Crippen molar-refractivity contribution in [3.63, 3.8) is 0 Å². The van der Waals surface area contributed by atoms with Crippen molar-refractivity contribution in [2.24, 2.45) is 11.8 Å². The molecular formula is C12H18BrNS.